The van der Waals surface area contributed by atoms with Crippen molar-refractivity contribution >= 4 is 34.7 Å². The Kier molecular flexibility index (Phi) is 8.12. The average molecular weight is 480 g/mol. The predicted octanol–water partition coefficient (Wildman–Crippen LogP) is 4.03. The molecule has 0 aliphatic carbocycles. The highest BCUT2D eigenvalue weighted by molar-refractivity contribution is 14.1. The minimum absolute atomic E-state index is 0.322. The zero-order chi connectivity index (χ0) is 19.6. The van der Waals surface area contributed by atoms with Crippen molar-refractivity contribution < 1.29 is 19.0 Å². The van der Waals surface area contributed by atoms with E-state index in [-0.39, 0.29) is 5.91 Å². The molecule has 0 saturated heterocycles. The summed E-state index contributed by atoms with van der Waals surface area (Å²) in [6, 6.07) is 10.6. The molecular weight excluding hydrogens is 459 g/mol. The van der Waals surface area contributed by atoms with E-state index in [2.05, 4.69) is 39.7 Å². The second-order valence-corrected chi connectivity index (χ2v) is 6.45. The molecule has 142 valence electrons. The van der Waals surface area contributed by atoms with Crippen LogP contribution in [-0.2, 0) is 0 Å². The van der Waals surface area contributed by atoms with Crippen molar-refractivity contribution in [1.82, 2.24) is 5.43 Å². The monoisotopic (exact) mass is 480 g/mol. The van der Waals surface area contributed by atoms with Crippen LogP contribution in [0, 0.1) is 3.57 Å². The smallest absolute Gasteiger partial charge is 0.271 e. The summed E-state index contributed by atoms with van der Waals surface area (Å²) in [5.74, 6) is 1.56. The van der Waals surface area contributed by atoms with Gasteiger partial charge < -0.3 is 14.2 Å². The molecule has 1 N–H and O–H groups in total. The van der Waals surface area contributed by atoms with Gasteiger partial charge in [0, 0.05) is 5.56 Å². The fraction of sp³-hybridized carbons (Fsp3) is 0.200. The third kappa shape index (κ3) is 5.99. The lowest BCUT2D eigenvalue weighted by Crippen LogP contribution is -2.17. The molecule has 0 aliphatic rings. The minimum atomic E-state index is -0.322. The molecule has 0 heterocycles. The molecule has 2 rings (SSSR count). The first-order valence-corrected chi connectivity index (χ1v) is 9.34. The van der Waals surface area contributed by atoms with Gasteiger partial charge in [0.2, 0.25) is 0 Å². The number of nitrogens with zero attached hydrogens (tertiary/aromatic N) is 1. The van der Waals surface area contributed by atoms with Crippen LogP contribution in [0.25, 0.3) is 0 Å². The molecule has 0 aromatic heterocycles. The molecular formula is C20H21IN2O4. The van der Waals surface area contributed by atoms with Crippen LogP contribution in [0.4, 0.5) is 0 Å². The van der Waals surface area contributed by atoms with E-state index in [4.69, 9.17) is 14.2 Å². The fourth-order valence-electron chi connectivity index (χ4n) is 2.17. The topological polar surface area (TPSA) is 69.2 Å². The van der Waals surface area contributed by atoms with Gasteiger partial charge in [0.15, 0.2) is 11.5 Å². The Balaban J connectivity index is 2.07. The number of hydrogen-bond donors (Lipinski definition) is 1. The number of carbonyl (C=O) groups is 1. The zero-order valence-electron chi connectivity index (χ0n) is 15.2. The van der Waals surface area contributed by atoms with Crippen LogP contribution in [0.5, 0.6) is 17.2 Å². The highest BCUT2D eigenvalue weighted by atomic mass is 127. The summed E-state index contributed by atoms with van der Waals surface area (Å²) in [5, 5.41) is 4.01. The van der Waals surface area contributed by atoms with E-state index in [1.54, 1.807) is 43.7 Å². The maximum atomic E-state index is 12.2. The van der Waals surface area contributed by atoms with Crippen molar-refractivity contribution in [2.75, 3.05) is 20.3 Å². The second kappa shape index (κ2) is 10.6. The Bertz CT molecular complexity index is 837. The number of rotatable bonds is 9. The number of ether oxygens (including phenoxy) is 3. The Hall–Kier alpha value is -2.55. The van der Waals surface area contributed by atoms with Gasteiger partial charge in [0.25, 0.3) is 5.91 Å². The molecule has 2 aromatic rings. The number of halogens is 1. The maximum absolute atomic E-state index is 12.2. The summed E-state index contributed by atoms with van der Waals surface area (Å²) in [6.07, 6.45) is 3.21. The highest BCUT2D eigenvalue weighted by Crippen LogP contribution is 2.28. The van der Waals surface area contributed by atoms with Crippen LogP contribution in [0.1, 0.15) is 22.8 Å². The molecule has 1 amide bonds. The number of methoxy groups -OCH3 is 1. The molecule has 0 fully saturated rings. The van der Waals surface area contributed by atoms with Gasteiger partial charge >= 0.3 is 0 Å². The largest absolute Gasteiger partial charge is 0.496 e. The molecule has 0 bridgehead atoms. The van der Waals surface area contributed by atoms with Crippen molar-refractivity contribution in [3.05, 3.63) is 63.8 Å². The molecule has 0 unspecified atom stereocenters. The molecule has 0 atom stereocenters. The number of carbonyl (C=O) groups excluding carboxylic acids is 1. The lowest BCUT2D eigenvalue weighted by molar-refractivity contribution is 0.0954. The first-order chi connectivity index (χ1) is 13.1. The first kappa shape index (κ1) is 20.8. The molecule has 2 aromatic carbocycles. The van der Waals surface area contributed by atoms with Crippen LogP contribution in [0.3, 0.4) is 0 Å². The summed E-state index contributed by atoms with van der Waals surface area (Å²) in [4.78, 5) is 12.2. The Morgan fingerprint density at radius 2 is 2.00 bits per heavy atom. The lowest BCUT2D eigenvalue weighted by Gasteiger charge is -2.11. The third-order valence-electron chi connectivity index (χ3n) is 3.42. The first-order valence-electron chi connectivity index (χ1n) is 8.26. The molecule has 0 aliphatic heterocycles. The summed E-state index contributed by atoms with van der Waals surface area (Å²) in [6.45, 7) is 6.43. The van der Waals surface area contributed by atoms with Gasteiger partial charge in [-0.3, -0.25) is 4.79 Å². The summed E-state index contributed by atoms with van der Waals surface area (Å²) in [5.41, 5.74) is 3.74. The number of benzene rings is 2. The van der Waals surface area contributed by atoms with Crippen LogP contribution in [-0.4, -0.2) is 32.4 Å². The van der Waals surface area contributed by atoms with Crippen molar-refractivity contribution in [3.8, 4) is 17.2 Å². The predicted molar refractivity (Wildman–Crippen MR) is 114 cm³/mol. The van der Waals surface area contributed by atoms with Gasteiger partial charge in [0.1, 0.15) is 12.4 Å². The van der Waals surface area contributed by atoms with E-state index in [1.807, 2.05) is 19.1 Å². The van der Waals surface area contributed by atoms with E-state index >= 15 is 0 Å². The van der Waals surface area contributed by atoms with E-state index in [1.165, 1.54) is 0 Å². The van der Waals surface area contributed by atoms with Crippen molar-refractivity contribution in [2.24, 2.45) is 5.10 Å². The molecule has 7 heteroatoms. The number of hydrazone groups is 1. The fourth-order valence-corrected chi connectivity index (χ4v) is 2.73. The van der Waals surface area contributed by atoms with Crippen molar-refractivity contribution in [3.63, 3.8) is 0 Å². The van der Waals surface area contributed by atoms with E-state index in [0.29, 0.717) is 36.0 Å². The van der Waals surface area contributed by atoms with Gasteiger partial charge in [-0.05, 0) is 71.5 Å². The second-order valence-electron chi connectivity index (χ2n) is 5.29. The summed E-state index contributed by atoms with van der Waals surface area (Å²) in [7, 11) is 1.57. The van der Waals surface area contributed by atoms with Crippen molar-refractivity contribution in [2.45, 2.75) is 6.92 Å². The highest BCUT2D eigenvalue weighted by Gasteiger charge is 2.09. The normalized spacial score (nSPS) is 10.5. The Labute approximate surface area is 172 Å². The Morgan fingerprint density at radius 3 is 2.70 bits per heavy atom. The van der Waals surface area contributed by atoms with E-state index in [9.17, 15) is 4.79 Å². The number of hydrogen-bond acceptors (Lipinski definition) is 5. The summed E-state index contributed by atoms with van der Waals surface area (Å²) < 4.78 is 17.3. The van der Waals surface area contributed by atoms with Gasteiger partial charge in [-0.2, -0.15) is 5.10 Å². The lowest BCUT2D eigenvalue weighted by atomic mass is 10.2. The van der Waals surface area contributed by atoms with Gasteiger partial charge in [-0.25, -0.2) is 5.43 Å². The van der Waals surface area contributed by atoms with Crippen LogP contribution < -0.4 is 19.6 Å². The van der Waals surface area contributed by atoms with Crippen molar-refractivity contribution in [1.29, 1.82) is 0 Å². The standard InChI is InChI=1S/C20H21IN2O4/c1-4-10-27-17-9-6-14(11-19(17)26-5-2)13-22-23-20(24)15-7-8-16(21)18(12-15)25-3/h4,6-9,11-13H,1,5,10H2,2-3H3,(H,23,24)/b22-13-. The van der Waals surface area contributed by atoms with Crippen LogP contribution in [0.15, 0.2) is 54.2 Å². The molecule has 27 heavy (non-hydrogen) atoms. The van der Waals surface area contributed by atoms with Crippen LogP contribution >= 0.6 is 22.6 Å². The molecule has 6 nitrogen and oxygen atoms in total. The van der Waals surface area contributed by atoms with E-state index < -0.39 is 0 Å². The zero-order valence-corrected chi connectivity index (χ0v) is 17.4. The summed E-state index contributed by atoms with van der Waals surface area (Å²) >= 11 is 2.14. The van der Waals surface area contributed by atoms with E-state index in [0.717, 1.165) is 9.13 Å². The minimum Gasteiger partial charge on any atom is -0.496 e. The van der Waals surface area contributed by atoms with Gasteiger partial charge in [-0.15, -0.1) is 0 Å². The van der Waals surface area contributed by atoms with Gasteiger partial charge in [-0.1, -0.05) is 12.7 Å². The van der Waals surface area contributed by atoms with Gasteiger partial charge in [0.05, 0.1) is 23.5 Å². The number of amides is 1. The third-order valence-corrected chi connectivity index (χ3v) is 4.31. The molecule has 0 saturated carbocycles. The number of nitrogens with one attached hydrogen (secondary N) is 1. The quantitative estimate of drug-likeness (QED) is 0.255. The molecule has 0 spiro atoms. The molecule has 0 radical (unpaired) electrons. The Morgan fingerprint density at radius 1 is 1.19 bits per heavy atom. The maximum Gasteiger partial charge on any atom is 0.271 e. The van der Waals surface area contributed by atoms with Crippen LogP contribution in [0.2, 0.25) is 0 Å². The SMILES string of the molecule is C=CCOc1ccc(/C=N\NC(=O)c2ccc(I)c(OC)c2)cc1OCC. The average Bonchev–Trinajstić information content (AvgIpc) is 2.68.